The number of halogens is 1. The molecule has 1 saturated heterocycles. The van der Waals surface area contributed by atoms with Gasteiger partial charge in [-0.25, -0.2) is 0 Å². The third-order valence-corrected chi connectivity index (χ3v) is 3.72. The summed E-state index contributed by atoms with van der Waals surface area (Å²) >= 11 is 0. The molecule has 0 radical (unpaired) electrons. The number of anilines is 1. The average Bonchev–Trinajstić information content (AvgIpc) is 2.37. The van der Waals surface area contributed by atoms with E-state index in [1.54, 1.807) is 6.07 Å². The highest BCUT2D eigenvalue weighted by Gasteiger charge is 2.30. The summed E-state index contributed by atoms with van der Waals surface area (Å²) in [6.07, 6.45) is 0. The van der Waals surface area contributed by atoms with Crippen LogP contribution in [0.1, 0.15) is 20.8 Å². The summed E-state index contributed by atoms with van der Waals surface area (Å²) in [7, 11) is 0. The zero-order valence-electron chi connectivity index (χ0n) is 12.1. The van der Waals surface area contributed by atoms with E-state index in [4.69, 9.17) is 0 Å². The quantitative estimate of drug-likeness (QED) is 0.617. The maximum absolute atomic E-state index is 13.6. The molecule has 6 heteroatoms. The molecule has 20 heavy (non-hydrogen) atoms. The van der Waals surface area contributed by atoms with Gasteiger partial charge in [0.05, 0.1) is 4.92 Å². The second kappa shape index (κ2) is 5.36. The van der Waals surface area contributed by atoms with Gasteiger partial charge in [-0.1, -0.05) is 6.07 Å². The Morgan fingerprint density at radius 1 is 1.20 bits per heavy atom. The first kappa shape index (κ1) is 14.7. The fraction of sp³-hybridized carbons (Fsp3) is 0.571. The van der Waals surface area contributed by atoms with Crippen LogP contribution in [0.4, 0.5) is 15.8 Å². The standard InChI is InChI=1S/C14H20FN3O2/c1-14(2,3)17-9-7-16(8-10-17)12-6-4-5-11(15)13(12)18(19)20/h4-6H,7-10H2,1-3H3. The van der Waals surface area contributed by atoms with Crippen molar-refractivity contribution in [1.82, 2.24) is 4.90 Å². The zero-order valence-corrected chi connectivity index (χ0v) is 12.1. The number of hydrogen-bond donors (Lipinski definition) is 0. The molecule has 0 aromatic heterocycles. The predicted molar refractivity (Wildman–Crippen MR) is 76.6 cm³/mol. The van der Waals surface area contributed by atoms with Gasteiger partial charge in [0.1, 0.15) is 5.69 Å². The molecule has 5 nitrogen and oxygen atoms in total. The second-order valence-electron chi connectivity index (χ2n) is 6.01. The minimum absolute atomic E-state index is 0.0833. The van der Waals surface area contributed by atoms with Gasteiger partial charge in [0.2, 0.25) is 5.82 Å². The van der Waals surface area contributed by atoms with E-state index in [2.05, 4.69) is 25.7 Å². The monoisotopic (exact) mass is 281 g/mol. The van der Waals surface area contributed by atoms with Gasteiger partial charge in [0.15, 0.2) is 0 Å². The van der Waals surface area contributed by atoms with Crippen LogP contribution in [0.3, 0.4) is 0 Å². The highest BCUT2D eigenvalue weighted by molar-refractivity contribution is 5.64. The minimum atomic E-state index is -0.772. The lowest BCUT2D eigenvalue weighted by Crippen LogP contribution is -2.53. The van der Waals surface area contributed by atoms with E-state index >= 15 is 0 Å². The number of rotatable bonds is 2. The molecule has 1 aliphatic rings. The number of piperazine rings is 1. The molecule has 0 unspecified atom stereocenters. The molecule has 2 rings (SSSR count). The largest absolute Gasteiger partial charge is 0.363 e. The van der Waals surface area contributed by atoms with Gasteiger partial charge in [-0.2, -0.15) is 4.39 Å². The summed E-state index contributed by atoms with van der Waals surface area (Å²) in [4.78, 5) is 14.6. The lowest BCUT2D eigenvalue weighted by Gasteiger charge is -2.42. The molecule has 1 aliphatic heterocycles. The number of para-hydroxylation sites is 1. The van der Waals surface area contributed by atoms with Crippen molar-refractivity contribution in [3.8, 4) is 0 Å². The third kappa shape index (κ3) is 2.90. The Hall–Kier alpha value is -1.69. The summed E-state index contributed by atoms with van der Waals surface area (Å²) in [6, 6.07) is 4.27. The molecule has 0 aliphatic carbocycles. The van der Waals surface area contributed by atoms with E-state index in [1.165, 1.54) is 6.07 Å². The molecule has 0 spiro atoms. The van der Waals surface area contributed by atoms with Gasteiger partial charge >= 0.3 is 5.69 Å². The van der Waals surface area contributed by atoms with Crippen LogP contribution >= 0.6 is 0 Å². The van der Waals surface area contributed by atoms with Crippen LogP contribution in [0, 0.1) is 15.9 Å². The Kier molecular flexibility index (Phi) is 3.94. The summed E-state index contributed by atoms with van der Waals surface area (Å²) in [5.41, 5.74) is 0.0419. The fourth-order valence-electron chi connectivity index (χ4n) is 2.56. The maximum Gasteiger partial charge on any atom is 0.327 e. The van der Waals surface area contributed by atoms with Crippen molar-refractivity contribution in [1.29, 1.82) is 0 Å². The zero-order chi connectivity index (χ0) is 14.9. The van der Waals surface area contributed by atoms with E-state index < -0.39 is 16.4 Å². The van der Waals surface area contributed by atoms with Crippen molar-refractivity contribution in [3.63, 3.8) is 0 Å². The normalized spacial score (nSPS) is 17.3. The van der Waals surface area contributed by atoms with Crippen LogP contribution in [0.15, 0.2) is 18.2 Å². The van der Waals surface area contributed by atoms with Crippen molar-refractivity contribution in [2.45, 2.75) is 26.3 Å². The lowest BCUT2D eigenvalue weighted by atomic mass is 10.0. The average molecular weight is 281 g/mol. The molecule has 0 bridgehead atoms. The van der Waals surface area contributed by atoms with Gasteiger partial charge in [-0.3, -0.25) is 15.0 Å². The summed E-state index contributed by atoms with van der Waals surface area (Å²) in [5, 5.41) is 11.0. The number of nitro groups is 1. The minimum Gasteiger partial charge on any atom is -0.363 e. The molecule has 0 N–H and O–H groups in total. The molecule has 1 aromatic carbocycles. The third-order valence-electron chi connectivity index (χ3n) is 3.72. The first-order valence-electron chi connectivity index (χ1n) is 6.73. The molecule has 1 aromatic rings. The van der Waals surface area contributed by atoms with Crippen LogP contribution in [0.2, 0.25) is 0 Å². The molecule has 1 fully saturated rings. The smallest absolute Gasteiger partial charge is 0.327 e. The van der Waals surface area contributed by atoms with Crippen LogP contribution in [0.25, 0.3) is 0 Å². The Balaban J connectivity index is 2.19. The highest BCUT2D eigenvalue weighted by atomic mass is 19.1. The van der Waals surface area contributed by atoms with Crippen molar-refractivity contribution in [2.24, 2.45) is 0 Å². The van der Waals surface area contributed by atoms with Gasteiger partial charge in [-0.05, 0) is 32.9 Å². The maximum atomic E-state index is 13.6. The molecule has 0 saturated carbocycles. The molecular weight excluding hydrogens is 261 g/mol. The van der Waals surface area contributed by atoms with Crippen LogP contribution < -0.4 is 4.90 Å². The summed E-state index contributed by atoms with van der Waals surface area (Å²) in [5.74, 6) is -0.772. The first-order valence-corrected chi connectivity index (χ1v) is 6.73. The Bertz CT molecular complexity index is 506. The Labute approximate surface area is 118 Å². The topological polar surface area (TPSA) is 49.6 Å². The molecule has 1 heterocycles. The van der Waals surface area contributed by atoms with Crippen molar-refractivity contribution in [2.75, 3.05) is 31.1 Å². The van der Waals surface area contributed by atoms with Crippen molar-refractivity contribution < 1.29 is 9.31 Å². The van der Waals surface area contributed by atoms with Crippen molar-refractivity contribution in [3.05, 3.63) is 34.1 Å². The van der Waals surface area contributed by atoms with E-state index in [0.29, 0.717) is 18.8 Å². The number of nitrogens with zero attached hydrogens (tertiary/aromatic N) is 3. The van der Waals surface area contributed by atoms with Gasteiger partial charge in [-0.15, -0.1) is 0 Å². The highest BCUT2D eigenvalue weighted by Crippen LogP contribution is 2.31. The molecular formula is C14H20FN3O2. The Morgan fingerprint density at radius 3 is 2.30 bits per heavy atom. The molecule has 110 valence electrons. The molecule has 0 amide bonds. The van der Waals surface area contributed by atoms with E-state index in [9.17, 15) is 14.5 Å². The number of nitro benzene ring substituents is 1. The van der Waals surface area contributed by atoms with Gasteiger partial charge in [0, 0.05) is 31.7 Å². The second-order valence-corrected chi connectivity index (χ2v) is 6.01. The molecule has 0 atom stereocenters. The Morgan fingerprint density at radius 2 is 1.80 bits per heavy atom. The first-order chi connectivity index (χ1) is 9.30. The lowest BCUT2D eigenvalue weighted by molar-refractivity contribution is -0.386. The summed E-state index contributed by atoms with van der Waals surface area (Å²) < 4.78 is 13.6. The van der Waals surface area contributed by atoms with Crippen LogP contribution in [-0.4, -0.2) is 41.5 Å². The van der Waals surface area contributed by atoms with Gasteiger partial charge < -0.3 is 4.90 Å². The van der Waals surface area contributed by atoms with E-state index in [0.717, 1.165) is 19.2 Å². The summed E-state index contributed by atoms with van der Waals surface area (Å²) in [6.45, 7) is 9.41. The predicted octanol–water partition coefficient (Wildman–Crippen LogP) is 2.65. The SMILES string of the molecule is CC(C)(C)N1CCN(c2cccc(F)c2[N+](=O)[O-])CC1. The van der Waals surface area contributed by atoms with Crippen LogP contribution in [-0.2, 0) is 0 Å². The number of benzene rings is 1. The fourth-order valence-corrected chi connectivity index (χ4v) is 2.56. The van der Waals surface area contributed by atoms with Crippen molar-refractivity contribution >= 4 is 11.4 Å². The van der Waals surface area contributed by atoms with E-state index in [1.807, 2.05) is 4.90 Å². The van der Waals surface area contributed by atoms with E-state index in [-0.39, 0.29) is 5.54 Å². The number of hydrogen-bond acceptors (Lipinski definition) is 4. The van der Waals surface area contributed by atoms with Crippen LogP contribution in [0.5, 0.6) is 0 Å². The van der Waals surface area contributed by atoms with Gasteiger partial charge in [0.25, 0.3) is 0 Å².